The minimum absolute atomic E-state index is 0.00384. The van der Waals surface area contributed by atoms with Crippen molar-refractivity contribution < 1.29 is 17.2 Å². The highest BCUT2D eigenvalue weighted by atomic mass is 32.2. The van der Waals surface area contributed by atoms with Crippen LogP contribution < -0.4 is 10.5 Å². The number of rotatable bonds is 4. The van der Waals surface area contributed by atoms with Crippen molar-refractivity contribution in [2.45, 2.75) is 18.2 Å². The first-order valence-corrected chi connectivity index (χ1v) is 7.73. The molecule has 1 heterocycles. The fraction of sp³-hybridized carbons (Fsp3) is 0.200. The van der Waals surface area contributed by atoms with Crippen molar-refractivity contribution in [2.75, 3.05) is 10.5 Å². The van der Waals surface area contributed by atoms with Crippen LogP contribution in [0.2, 0.25) is 0 Å². The van der Waals surface area contributed by atoms with Crippen molar-refractivity contribution >= 4 is 32.2 Å². The molecule has 0 aliphatic rings. The Morgan fingerprint density at radius 1 is 1.30 bits per heavy atom. The van der Waals surface area contributed by atoms with Crippen LogP contribution in [0, 0.1) is 11.6 Å². The second-order valence-electron chi connectivity index (χ2n) is 3.76. The molecule has 0 atom stereocenters. The predicted octanol–water partition coefficient (Wildman–Crippen LogP) is 1.76. The quantitative estimate of drug-likeness (QED) is 0.837. The fourth-order valence-corrected chi connectivity index (χ4v) is 3.36. The van der Waals surface area contributed by atoms with Crippen LogP contribution in [0.1, 0.15) is 11.9 Å². The lowest BCUT2D eigenvalue weighted by molar-refractivity contribution is 0.553. The molecule has 0 saturated heterocycles. The molecule has 0 amide bonds. The van der Waals surface area contributed by atoms with Crippen LogP contribution >= 0.6 is 11.3 Å². The number of nitrogen functional groups attached to an aromatic ring is 1. The first-order chi connectivity index (χ1) is 9.33. The summed E-state index contributed by atoms with van der Waals surface area (Å²) in [4.78, 5) is -0.746. The molecule has 20 heavy (non-hydrogen) atoms. The fourth-order valence-electron chi connectivity index (χ4n) is 1.36. The summed E-state index contributed by atoms with van der Waals surface area (Å²) in [6.07, 6.45) is 0.594. The zero-order valence-electron chi connectivity index (χ0n) is 10.2. The van der Waals surface area contributed by atoms with E-state index in [2.05, 4.69) is 14.9 Å². The molecule has 6 nitrogen and oxygen atoms in total. The minimum Gasteiger partial charge on any atom is -0.396 e. The van der Waals surface area contributed by atoms with Gasteiger partial charge in [0.05, 0.1) is 5.69 Å². The molecular formula is C10H10F2N4O2S2. The maximum atomic E-state index is 13.6. The number of aryl methyl sites for hydroxylation is 1. The summed E-state index contributed by atoms with van der Waals surface area (Å²) in [5.41, 5.74) is 4.79. The zero-order valence-corrected chi connectivity index (χ0v) is 11.9. The Morgan fingerprint density at radius 2 is 2.00 bits per heavy atom. The summed E-state index contributed by atoms with van der Waals surface area (Å²) < 4.78 is 52.6. The van der Waals surface area contributed by atoms with Gasteiger partial charge in [0, 0.05) is 6.07 Å². The second kappa shape index (κ2) is 5.29. The number of anilines is 2. The number of benzene rings is 1. The largest absolute Gasteiger partial charge is 0.396 e. The monoisotopic (exact) mass is 320 g/mol. The van der Waals surface area contributed by atoms with E-state index < -0.39 is 32.2 Å². The molecule has 0 unspecified atom stereocenters. The number of hydrogen-bond acceptors (Lipinski definition) is 6. The topological polar surface area (TPSA) is 98.0 Å². The molecule has 0 aliphatic heterocycles. The normalized spacial score (nSPS) is 11.6. The smallest absolute Gasteiger partial charge is 0.266 e. The summed E-state index contributed by atoms with van der Waals surface area (Å²) in [5.74, 6) is -2.25. The maximum absolute atomic E-state index is 13.6. The predicted molar refractivity (Wildman–Crippen MR) is 70.9 cm³/mol. The average Bonchev–Trinajstić information content (AvgIpc) is 2.80. The maximum Gasteiger partial charge on any atom is 0.266 e. The number of nitrogens with one attached hydrogen (secondary N) is 1. The van der Waals surface area contributed by atoms with Gasteiger partial charge in [-0.1, -0.05) is 18.3 Å². The highest BCUT2D eigenvalue weighted by molar-refractivity contribution is 7.93. The third-order valence-electron chi connectivity index (χ3n) is 2.33. The van der Waals surface area contributed by atoms with E-state index >= 15 is 0 Å². The Kier molecular flexibility index (Phi) is 3.86. The van der Waals surface area contributed by atoms with Crippen LogP contribution in [0.5, 0.6) is 0 Å². The van der Waals surface area contributed by atoms with Crippen LogP contribution in [0.4, 0.5) is 19.6 Å². The molecule has 0 radical (unpaired) electrons. The molecule has 0 spiro atoms. The van der Waals surface area contributed by atoms with Gasteiger partial charge in [0.1, 0.15) is 21.5 Å². The summed E-state index contributed by atoms with van der Waals surface area (Å²) >= 11 is 1.03. The Morgan fingerprint density at radius 3 is 2.60 bits per heavy atom. The first-order valence-electron chi connectivity index (χ1n) is 5.43. The van der Waals surface area contributed by atoms with Gasteiger partial charge in [0.2, 0.25) is 5.13 Å². The number of sulfonamides is 1. The van der Waals surface area contributed by atoms with Gasteiger partial charge < -0.3 is 5.73 Å². The van der Waals surface area contributed by atoms with Gasteiger partial charge >= 0.3 is 0 Å². The van der Waals surface area contributed by atoms with Crippen molar-refractivity contribution in [1.29, 1.82) is 0 Å². The van der Waals surface area contributed by atoms with E-state index in [0.29, 0.717) is 17.5 Å². The summed E-state index contributed by atoms with van der Waals surface area (Å²) in [6, 6.07) is 1.14. The third kappa shape index (κ3) is 2.85. The van der Waals surface area contributed by atoms with Gasteiger partial charge in [-0.3, -0.25) is 4.72 Å². The van der Waals surface area contributed by atoms with Gasteiger partial charge in [-0.25, -0.2) is 17.2 Å². The van der Waals surface area contributed by atoms with Crippen molar-refractivity contribution in [3.8, 4) is 0 Å². The molecule has 108 valence electrons. The molecule has 2 aromatic rings. The van der Waals surface area contributed by atoms with Gasteiger partial charge in [-0.2, -0.15) is 0 Å². The molecular weight excluding hydrogens is 310 g/mol. The van der Waals surface area contributed by atoms with Crippen LogP contribution in [0.15, 0.2) is 17.0 Å². The zero-order chi connectivity index (χ0) is 14.9. The lowest BCUT2D eigenvalue weighted by Crippen LogP contribution is -2.15. The molecule has 10 heteroatoms. The van der Waals surface area contributed by atoms with E-state index in [9.17, 15) is 17.2 Å². The van der Waals surface area contributed by atoms with Crippen LogP contribution in [-0.2, 0) is 16.4 Å². The summed E-state index contributed by atoms with van der Waals surface area (Å²) in [5, 5.41) is 7.98. The standard InChI is InChI=1S/C10H10F2N4O2S2/c1-2-9-14-15-10(19-9)16-20(17,18)8-4-7(13)5(11)3-6(8)12/h3-4H,2,13H2,1H3,(H,15,16). The van der Waals surface area contributed by atoms with Gasteiger partial charge in [0.25, 0.3) is 10.0 Å². The second-order valence-corrected chi connectivity index (χ2v) is 6.48. The highest BCUT2D eigenvalue weighted by Gasteiger charge is 2.22. The Balaban J connectivity index is 2.37. The number of halogens is 2. The Bertz CT molecular complexity index is 746. The summed E-state index contributed by atoms with van der Waals surface area (Å²) in [6.45, 7) is 1.83. The highest BCUT2D eigenvalue weighted by Crippen LogP contribution is 2.24. The van der Waals surface area contributed by atoms with Gasteiger partial charge in [-0.05, 0) is 12.5 Å². The van der Waals surface area contributed by atoms with Crippen molar-refractivity contribution in [1.82, 2.24) is 10.2 Å². The number of nitrogens with zero attached hydrogens (tertiary/aromatic N) is 2. The van der Waals surface area contributed by atoms with Crippen LogP contribution in [0.25, 0.3) is 0 Å². The van der Waals surface area contributed by atoms with E-state index in [1.54, 1.807) is 0 Å². The Labute approximate surface area is 117 Å². The van der Waals surface area contributed by atoms with Crippen molar-refractivity contribution in [2.24, 2.45) is 0 Å². The summed E-state index contributed by atoms with van der Waals surface area (Å²) in [7, 11) is -4.24. The Hall–Kier alpha value is -1.81. The van der Waals surface area contributed by atoms with E-state index in [4.69, 9.17) is 5.73 Å². The van der Waals surface area contributed by atoms with E-state index in [-0.39, 0.29) is 5.13 Å². The van der Waals surface area contributed by atoms with Gasteiger partial charge in [-0.15, -0.1) is 10.2 Å². The number of hydrogen-bond donors (Lipinski definition) is 2. The molecule has 0 fully saturated rings. The molecule has 1 aromatic heterocycles. The minimum atomic E-state index is -4.24. The van der Waals surface area contributed by atoms with E-state index in [1.165, 1.54) is 0 Å². The molecule has 2 rings (SSSR count). The molecule has 3 N–H and O–H groups in total. The van der Waals surface area contributed by atoms with E-state index in [1.807, 2.05) is 6.92 Å². The van der Waals surface area contributed by atoms with Crippen LogP contribution in [0.3, 0.4) is 0 Å². The number of aromatic nitrogens is 2. The lowest BCUT2D eigenvalue weighted by Gasteiger charge is -2.07. The first kappa shape index (κ1) is 14.6. The van der Waals surface area contributed by atoms with E-state index in [0.717, 1.165) is 17.4 Å². The molecule has 0 bridgehead atoms. The lowest BCUT2D eigenvalue weighted by atomic mass is 10.3. The van der Waals surface area contributed by atoms with Crippen LogP contribution in [-0.4, -0.2) is 18.6 Å². The average molecular weight is 320 g/mol. The molecule has 0 aliphatic carbocycles. The SMILES string of the molecule is CCc1nnc(NS(=O)(=O)c2cc(N)c(F)cc2F)s1. The van der Waals surface area contributed by atoms with Crippen molar-refractivity contribution in [3.63, 3.8) is 0 Å². The number of nitrogens with two attached hydrogens (primary N) is 1. The third-order valence-corrected chi connectivity index (χ3v) is 4.80. The van der Waals surface area contributed by atoms with Crippen molar-refractivity contribution in [3.05, 3.63) is 28.8 Å². The molecule has 1 aromatic carbocycles. The van der Waals surface area contributed by atoms with Gasteiger partial charge in [0.15, 0.2) is 0 Å². The molecule has 0 saturated carbocycles.